The summed E-state index contributed by atoms with van der Waals surface area (Å²) in [5.41, 5.74) is -1.52. The number of carbonyl (C=O) groups is 1. The van der Waals surface area contributed by atoms with Gasteiger partial charge in [0.25, 0.3) is 0 Å². The van der Waals surface area contributed by atoms with Gasteiger partial charge in [0.15, 0.2) is 5.75 Å². The van der Waals surface area contributed by atoms with Gasteiger partial charge in [0.1, 0.15) is 0 Å². The minimum absolute atomic E-state index is 0.00442. The smallest absolute Gasteiger partial charge is 0.349 e. The van der Waals surface area contributed by atoms with Crippen LogP contribution in [0.15, 0.2) is 22.7 Å². The maximum absolute atomic E-state index is 11.5. The number of ether oxygens (including phenoxy) is 2. The largest absolute Gasteiger partial charge is 0.469 e. The molecule has 6 nitrogen and oxygen atoms in total. The number of hydrogen-bond acceptors (Lipinski definition) is 5. The zero-order valence-electron chi connectivity index (χ0n) is 10.1. The molecule has 0 saturated carbocycles. The van der Waals surface area contributed by atoms with Crippen molar-refractivity contribution in [1.29, 1.82) is 0 Å². The van der Waals surface area contributed by atoms with Crippen LogP contribution in [0.3, 0.4) is 0 Å². The molecule has 0 radical (unpaired) electrons. The van der Waals surface area contributed by atoms with Gasteiger partial charge < -0.3 is 9.47 Å². The Labute approximate surface area is 112 Å². The normalized spacial score (nSPS) is 10.9. The van der Waals surface area contributed by atoms with E-state index in [1.54, 1.807) is 0 Å². The number of carbonyl (C=O) groups excluding carboxylic acids is 1. The van der Waals surface area contributed by atoms with Crippen molar-refractivity contribution in [2.24, 2.45) is 0 Å². The van der Waals surface area contributed by atoms with E-state index in [1.165, 1.54) is 39.2 Å². The van der Waals surface area contributed by atoms with E-state index < -0.39 is 16.5 Å². The molecular weight excluding hydrogens is 306 g/mol. The van der Waals surface area contributed by atoms with Crippen molar-refractivity contribution in [3.8, 4) is 5.75 Å². The quantitative estimate of drug-likeness (QED) is 0.484. The predicted molar refractivity (Wildman–Crippen MR) is 67.5 cm³/mol. The monoisotopic (exact) mass is 317 g/mol. The zero-order chi connectivity index (χ0) is 13.9. The van der Waals surface area contributed by atoms with E-state index in [4.69, 9.17) is 4.74 Å². The number of halogens is 1. The zero-order valence-corrected chi connectivity index (χ0v) is 11.7. The SMILES string of the molecule is COC(=O)C(C)(C)Oc1cc(Br)ccc1[N+](=O)[O-]. The summed E-state index contributed by atoms with van der Waals surface area (Å²) in [4.78, 5) is 21.8. The van der Waals surface area contributed by atoms with Gasteiger partial charge in [0.2, 0.25) is 5.60 Å². The number of nitrogens with zero attached hydrogens (tertiary/aromatic N) is 1. The summed E-state index contributed by atoms with van der Waals surface area (Å²) in [6, 6.07) is 4.26. The third kappa shape index (κ3) is 3.19. The highest BCUT2D eigenvalue weighted by Gasteiger charge is 2.33. The van der Waals surface area contributed by atoms with Gasteiger partial charge in [-0.15, -0.1) is 0 Å². The van der Waals surface area contributed by atoms with Crippen LogP contribution in [0.5, 0.6) is 5.75 Å². The maximum Gasteiger partial charge on any atom is 0.349 e. The number of hydrogen-bond donors (Lipinski definition) is 0. The molecule has 1 aromatic rings. The average molecular weight is 318 g/mol. The standard InChI is InChI=1S/C11H12BrNO5/c1-11(2,10(14)17-3)18-9-6-7(12)4-5-8(9)13(15)16/h4-6H,1-3H3. The Kier molecular flexibility index (Phi) is 4.28. The van der Waals surface area contributed by atoms with Crippen LogP contribution in [0.25, 0.3) is 0 Å². The number of esters is 1. The summed E-state index contributed by atoms with van der Waals surface area (Å²) < 4.78 is 10.6. The first-order valence-corrected chi connectivity index (χ1v) is 5.78. The molecule has 0 atom stereocenters. The van der Waals surface area contributed by atoms with Crippen molar-refractivity contribution in [1.82, 2.24) is 0 Å². The van der Waals surface area contributed by atoms with Crippen LogP contribution in [0, 0.1) is 10.1 Å². The number of methoxy groups -OCH3 is 1. The van der Waals surface area contributed by atoms with Gasteiger partial charge in [-0.1, -0.05) is 15.9 Å². The molecule has 0 unspecified atom stereocenters. The Morgan fingerprint density at radius 1 is 1.44 bits per heavy atom. The summed E-state index contributed by atoms with van der Waals surface area (Å²) >= 11 is 3.19. The molecule has 0 aromatic heterocycles. The Morgan fingerprint density at radius 3 is 2.56 bits per heavy atom. The van der Waals surface area contributed by atoms with Crippen LogP contribution < -0.4 is 4.74 Å². The number of nitro benzene ring substituents is 1. The fourth-order valence-electron chi connectivity index (χ4n) is 1.28. The van der Waals surface area contributed by atoms with Crippen molar-refractivity contribution in [2.75, 3.05) is 7.11 Å². The van der Waals surface area contributed by atoms with Gasteiger partial charge in [0.05, 0.1) is 12.0 Å². The van der Waals surface area contributed by atoms with Crippen molar-refractivity contribution in [3.63, 3.8) is 0 Å². The minimum Gasteiger partial charge on any atom is -0.469 e. The molecular formula is C11H12BrNO5. The minimum atomic E-state index is -1.31. The fourth-order valence-corrected chi connectivity index (χ4v) is 1.62. The molecule has 0 fully saturated rings. The van der Waals surface area contributed by atoms with Crippen molar-refractivity contribution in [3.05, 3.63) is 32.8 Å². The first-order valence-electron chi connectivity index (χ1n) is 4.99. The molecule has 0 saturated heterocycles. The third-order valence-corrected chi connectivity index (χ3v) is 2.65. The topological polar surface area (TPSA) is 78.7 Å². The Bertz CT molecular complexity index is 486. The second-order valence-corrected chi connectivity index (χ2v) is 4.89. The molecule has 1 rings (SSSR count). The molecule has 18 heavy (non-hydrogen) atoms. The van der Waals surface area contributed by atoms with Crippen molar-refractivity contribution >= 4 is 27.6 Å². The summed E-state index contributed by atoms with van der Waals surface area (Å²) in [6.07, 6.45) is 0. The van der Waals surface area contributed by atoms with Crippen molar-refractivity contribution in [2.45, 2.75) is 19.4 Å². The Hall–Kier alpha value is -1.63. The van der Waals surface area contributed by atoms with Gasteiger partial charge in [-0.05, 0) is 19.9 Å². The number of rotatable bonds is 4. The fraction of sp³-hybridized carbons (Fsp3) is 0.364. The van der Waals surface area contributed by atoms with E-state index >= 15 is 0 Å². The first-order chi connectivity index (χ1) is 8.27. The highest BCUT2D eigenvalue weighted by molar-refractivity contribution is 9.10. The molecule has 0 N–H and O–H groups in total. The van der Waals surface area contributed by atoms with Gasteiger partial charge >= 0.3 is 11.7 Å². The van der Waals surface area contributed by atoms with Gasteiger partial charge in [0, 0.05) is 16.6 Å². The van der Waals surface area contributed by atoms with Crippen LogP contribution in [0.2, 0.25) is 0 Å². The Balaban J connectivity index is 3.13. The van der Waals surface area contributed by atoms with Crippen molar-refractivity contribution < 1.29 is 19.2 Å². The lowest BCUT2D eigenvalue weighted by atomic mass is 10.1. The second kappa shape index (κ2) is 5.34. The molecule has 1 aromatic carbocycles. The van der Waals surface area contributed by atoms with E-state index in [-0.39, 0.29) is 11.4 Å². The average Bonchev–Trinajstić information content (AvgIpc) is 2.26. The maximum atomic E-state index is 11.5. The van der Waals surface area contributed by atoms with E-state index in [9.17, 15) is 14.9 Å². The van der Waals surface area contributed by atoms with E-state index in [0.717, 1.165) is 0 Å². The molecule has 0 bridgehead atoms. The molecule has 98 valence electrons. The number of benzene rings is 1. The van der Waals surface area contributed by atoms with Gasteiger partial charge in [-0.3, -0.25) is 10.1 Å². The molecule has 7 heteroatoms. The lowest BCUT2D eigenvalue weighted by Crippen LogP contribution is -2.39. The third-order valence-electron chi connectivity index (χ3n) is 2.16. The van der Waals surface area contributed by atoms with E-state index in [1.807, 2.05) is 0 Å². The first kappa shape index (κ1) is 14.4. The summed E-state index contributed by atoms with van der Waals surface area (Å²) in [5.74, 6) is -0.610. The summed E-state index contributed by atoms with van der Waals surface area (Å²) in [7, 11) is 1.22. The predicted octanol–water partition coefficient (Wildman–Crippen LogP) is 2.69. The van der Waals surface area contributed by atoms with Gasteiger partial charge in [-0.2, -0.15) is 0 Å². The lowest BCUT2D eigenvalue weighted by molar-refractivity contribution is -0.386. The molecule has 0 aliphatic carbocycles. The lowest BCUT2D eigenvalue weighted by Gasteiger charge is -2.23. The van der Waals surface area contributed by atoms with Crippen LogP contribution >= 0.6 is 15.9 Å². The molecule has 0 heterocycles. The van der Waals surface area contributed by atoms with Gasteiger partial charge in [-0.25, -0.2) is 4.79 Å². The summed E-state index contributed by atoms with van der Waals surface area (Å²) in [5, 5.41) is 10.9. The second-order valence-electron chi connectivity index (χ2n) is 3.97. The highest BCUT2D eigenvalue weighted by Crippen LogP contribution is 2.33. The number of nitro groups is 1. The molecule has 0 aliphatic rings. The van der Waals surface area contributed by atoms with Crippen LogP contribution in [0.1, 0.15) is 13.8 Å². The van der Waals surface area contributed by atoms with E-state index in [0.29, 0.717) is 4.47 Å². The summed E-state index contributed by atoms with van der Waals surface area (Å²) in [6.45, 7) is 2.95. The van der Waals surface area contributed by atoms with Crippen LogP contribution in [-0.4, -0.2) is 23.6 Å². The Morgan fingerprint density at radius 2 is 2.06 bits per heavy atom. The molecule has 0 amide bonds. The van der Waals surface area contributed by atoms with Crippen LogP contribution in [-0.2, 0) is 9.53 Å². The molecule has 0 aliphatic heterocycles. The van der Waals surface area contributed by atoms with E-state index in [2.05, 4.69) is 20.7 Å². The highest BCUT2D eigenvalue weighted by atomic mass is 79.9. The molecule has 0 spiro atoms. The van der Waals surface area contributed by atoms with Crippen LogP contribution in [0.4, 0.5) is 5.69 Å².